The molecule has 126 valence electrons. The number of nitrogens with zero attached hydrogens (tertiary/aromatic N) is 1. The lowest BCUT2D eigenvalue weighted by Crippen LogP contribution is -2.50. The van der Waals surface area contributed by atoms with E-state index in [9.17, 15) is 9.59 Å². The molecule has 1 heterocycles. The molecule has 5 nitrogen and oxygen atoms in total. The molecule has 1 aliphatic heterocycles. The molecule has 5 heteroatoms. The van der Waals surface area contributed by atoms with Gasteiger partial charge in [0.25, 0.3) is 5.91 Å². The van der Waals surface area contributed by atoms with E-state index < -0.39 is 5.54 Å². The molecule has 0 aromatic heterocycles. The first-order valence-corrected chi connectivity index (χ1v) is 8.52. The van der Waals surface area contributed by atoms with Crippen molar-refractivity contribution in [2.24, 2.45) is 0 Å². The Balaban J connectivity index is 2.05. The molecule has 0 spiro atoms. The summed E-state index contributed by atoms with van der Waals surface area (Å²) in [5.41, 5.74) is 0.930. The molecule has 1 aromatic carbocycles. The van der Waals surface area contributed by atoms with Crippen molar-refractivity contribution in [2.75, 3.05) is 25.0 Å². The van der Waals surface area contributed by atoms with Crippen LogP contribution in [0.4, 0.5) is 5.69 Å². The molecule has 2 rings (SSSR count). The van der Waals surface area contributed by atoms with E-state index in [0.29, 0.717) is 18.7 Å². The third-order valence-corrected chi connectivity index (χ3v) is 4.72. The fraction of sp³-hybridized carbons (Fsp3) is 0.556. The molecule has 2 amide bonds. The second-order valence-electron chi connectivity index (χ2n) is 5.97. The Morgan fingerprint density at radius 1 is 1.17 bits per heavy atom. The quantitative estimate of drug-likeness (QED) is 0.848. The zero-order valence-corrected chi connectivity index (χ0v) is 14.3. The summed E-state index contributed by atoms with van der Waals surface area (Å²) in [5.74, 6) is 0.0377. The van der Waals surface area contributed by atoms with Crippen LogP contribution in [-0.4, -0.2) is 41.9 Å². The third kappa shape index (κ3) is 3.72. The monoisotopic (exact) mass is 317 g/mol. The highest BCUT2D eigenvalue weighted by molar-refractivity contribution is 5.99. The zero-order chi connectivity index (χ0) is 16.9. The van der Waals surface area contributed by atoms with Gasteiger partial charge in [-0.15, -0.1) is 0 Å². The number of anilines is 1. The number of benzene rings is 1. The van der Waals surface area contributed by atoms with Gasteiger partial charge in [0.15, 0.2) is 0 Å². The Labute approximate surface area is 138 Å². The molecule has 1 aromatic rings. The van der Waals surface area contributed by atoms with Crippen LogP contribution in [0.1, 0.15) is 50.4 Å². The van der Waals surface area contributed by atoms with Crippen LogP contribution in [0.3, 0.4) is 0 Å². The molecule has 1 aliphatic rings. The highest BCUT2D eigenvalue weighted by Gasteiger charge is 2.39. The van der Waals surface area contributed by atoms with E-state index in [1.807, 2.05) is 20.8 Å². The second-order valence-corrected chi connectivity index (χ2v) is 5.97. The van der Waals surface area contributed by atoms with Gasteiger partial charge >= 0.3 is 0 Å². The van der Waals surface area contributed by atoms with E-state index in [1.165, 1.54) is 0 Å². The number of carbonyl (C=O) groups excluding carboxylic acids is 2. The van der Waals surface area contributed by atoms with Gasteiger partial charge in [-0.1, -0.05) is 6.92 Å². The van der Waals surface area contributed by atoms with Gasteiger partial charge in [-0.2, -0.15) is 0 Å². The molecule has 0 radical (unpaired) electrons. The standard InChI is InChI=1S/C18H27N3O2/c1-4-18(12-7-13-19-18)17(23)20-15-10-8-14(9-11-15)16(22)21(5-2)6-3/h8-11,19H,4-7,12-13H2,1-3H3,(H,20,23). The number of rotatable bonds is 6. The SMILES string of the molecule is CCN(CC)C(=O)c1ccc(NC(=O)C2(CC)CCCN2)cc1. The summed E-state index contributed by atoms with van der Waals surface area (Å²) in [4.78, 5) is 26.6. The van der Waals surface area contributed by atoms with Gasteiger partial charge in [0.05, 0.1) is 5.54 Å². The van der Waals surface area contributed by atoms with Crippen molar-refractivity contribution in [1.29, 1.82) is 0 Å². The molecule has 23 heavy (non-hydrogen) atoms. The molecule has 1 saturated heterocycles. The first-order valence-electron chi connectivity index (χ1n) is 8.52. The Morgan fingerprint density at radius 2 is 1.83 bits per heavy atom. The molecule has 0 saturated carbocycles. The second kappa shape index (κ2) is 7.59. The van der Waals surface area contributed by atoms with E-state index in [-0.39, 0.29) is 11.8 Å². The van der Waals surface area contributed by atoms with Gasteiger partial charge in [-0.25, -0.2) is 0 Å². The van der Waals surface area contributed by atoms with E-state index >= 15 is 0 Å². The van der Waals surface area contributed by atoms with Crippen LogP contribution in [0.15, 0.2) is 24.3 Å². The van der Waals surface area contributed by atoms with Gasteiger partial charge in [-0.3, -0.25) is 9.59 Å². The van der Waals surface area contributed by atoms with Gasteiger partial charge < -0.3 is 15.5 Å². The predicted octanol–water partition coefficient (Wildman–Crippen LogP) is 2.64. The summed E-state index contributed by atoms with van der Waals surface area (Å²) in [6, 6.07) is 7.15. The molecular formula is C18H27N3O2. The van der Waals surface area contributed by atoms with E-state index in [4.69, 9.17) is 0 Å². The highest BCUT2D eigenvalue weighted by Crippen LogP contribution is 2.25. The fourth-order valence-corrected chi connectivity index (χ4v) is 3.10. The van der Waals surface area contributed by atoms with Crippen LogP contribution in [0, 0.1) is 0 Å². The van der Waals surface area contributed by atoms with Crippen molar-refractivity contribution in [2.45, 2.75) is 45.6 Å². The summed E-state index contributed by atoms with van der Waals surface area (Å²) in [7, 11) is 0. The van der Waals surface area contributed by atoms with Crippen molar-refractivity contribution in [1.82, 2.24) is 10.2 Å². The van der Waals surface area contributed by atoms with Crippen LogP contribution in [0.5, 0.6) is 0 Å². The van der Waals surface area contributed by atoms with E-state index in [2.05, 4.69) is 10.6 Å². The van der Waals surface area contributed by atoms with Gasteiger partial charge in [0.2, 0.25) is 5.91 Å². The van der Waals surface area contributed by atoms with E-state index in [0.717, 1.165) is 31.5 Å². The first-order chi connectivity index (χ1) is 11.1. The molecule has 1 atom stereocenters. The maximum Gasteiger partial charge on any atom is 0.253 e. The molecule has 1 unspecified atom stereocenters. The fourth-order valence-electron chi connectivity index (χ4n) is 3.10. The topological polar surface area (TPSA) is 61.4 Å². The zero-order valence-electron chi connectivity index (χ0n) is 14.3. The molecule has 0 aliphatic carbocycles. The molecular weight excluding hydrogens is 290 g/mol. The molecule has 0 bridgehead atoms. The van der Waals surface area contributed by atoms with Crippen LogP contribution in [-0.2, 0) is 4.79 Å². The van der Waals surface area contributed by atoms with Gasteiger partial charge in [-0.05, 0) is 63.9 Å². The third-order valence-electron chi connectivity index (χ3n) is 4.72. The molecule has 1 fully saturated rings. The van der Waals surface area contributed by atoms with Crippen LogP contribution in [0.25, 0.3) is 0 Å². The number of nitrogens with one attached hydrogen (secondary N) is 2. The van der Waals surface area contributed by atoms with Gasteiger partial charge in [0.1, 0.15) is 0 Å². The van der Waals surface area contributed by atoms with Crippen molar-refractivity contribution in [3.63, 3.8) is 0 Å². The Hall–Kier alpha value is -1.88. The summed E-state index contributed by atoms with van der Waals surface area (Å²) < 4.78 is 0. The van der Waals surface area contributed by atoms with Crippen molar-refractivity contribution < 1.29 is 9.59 Å². The minimum atomic E-state index is -0.449. The highest BCUT2D eigenvalue weighted by atomic mass is 16.2. The maximum absolute atomic E-state index is 12.5. The minimum Gasteiger partial charge on any atom is -0.339 e. The summed E-state index contributed by atoms with van der Waals surface area (Å²) in [5, 5.41) is 6.30. The Kier molecular flexibility index (Phi) is 5.77. The molecule has 2 N–H and O–H groups in total. The number of hydrogen-bond acceptors (Lipinski definition) is 3. The first kappa shape index (κ1) is 17.5. The van der Waals surface area contributed by atoms with Crippen molar-refractivity contribution in [3.8, 4) is 0 Å². The van der Waals surface area contributed by atoms with Gasteiger partial charge in [0, 0.05) is 24.3 Å². The predicted molar refractivity (Wildman–Crippen MR) is 92.6 cm³/mol. The number of hydrogen-bond donors (Lipinski definition) is 2. The lowest BCUT2D eigenvalue weighted by molar-refractivity contribution is -0.122. The van der Waals surface area contributed by atoms with Crippen molar-refractivity contribution in [3.05, 3.63) is 29.8 Å². The van der Waals surface area contributed by atoms with E-state index in [1.54, 1.807) is 29.2 Å². The largest absolute Gasteiger partial charge is 0.339 e. The lowest BCUT2D eigenvalue weighted by atomic mass is 9.93. The summed E-state index contributed by atoms with van der Waals surface area (Å²) >= 11 is 0. The average molecular weight is 317 g/mol. The van der Waals surface area contributed by atoms with Crippen molar-refractivity contribution >= 4 is 17.5 Å². The van der Waals surface area contributed by atoms with Crippen LogP contribution in [0.2, 0.25) is 0 Å². The van der Waals surface area contributed by atoms with Crippen LogP contribution >= 0.6 is 0 Å². The summed E-state index contributed by atoms with van der Waals surface area (Å²) in [6.07, 6.45) is 2.67. The Morgan fingerprint density at radius 3 is 2.30 bits per heavy atom. The minimum absolute atomic E-state index is 0.0142. The van der Waals surface area contributed by atoms with Crippen LogP contribution < -0.4 is 10.6 Å². The normalized spacial score (nSPS) is 20.3. The summed E-state index contributed by atoms with van der Waals surface area (Å²) in [6.45, 7) is 8.24. The maximum atomic E-state index is 12.5. The number of carbonyl (C=O) groups is 2. The Bertz CT molecular complexity index is 544. The smallest absolute Gasteiger partial charge is 0.253 e. The number of amides is 2. The average Bonchev–Trinajstić information content (AvgIpc) is 3.07. The lowest BCUT2D eigenvalue weighted by Gasteiger charge is -2.26.